The number of hydrogen-bond acceptors (Lipinski definition) is 3. The van der Waals surface area contributed by atoms with E-state index >= 15 is 0 Å². The monoisotopic (exact) mass is 216 g/mol. The fraction of sp³-hybridized carbons (Fsp3) is 0.0909. The summed E-state index contributed by atoms with van der Waals surface area (Å²) in [5.41, 5.74) is 6.72. The normalized spacial score (nSPS) is 10.1. The van der Waals surface area contributed by atoms with Gasteiger partial charge in [0.2, 0.25) is 5.95 Å². The highest BCUT2D eigenvalue weighted by Crippen LogP contribution is 2.08. The van der Waals surface area contributed by atoms with Crippen LogP contribution in [0.1, 0.15) is 10.4 Å². The molecule has 1 aromatic heterocycles. The van der Waals surface area contributed by atoms with E-state index < -0.39 is 0 Å². The van der Waals surface area contributed by atoms with Gasteiger partial charge in [-0.05, 0) is 24.3 Å². The third-order valence-electron chi connectivity index (χ3n) is 2.22. The van der Waals surface area contributed by atoms with Gasteiger partial charge in [0.1, 0.15) is 0 Å². The number of carbonyl (C=O) groups excluding carboxylic acids is 1. The van der Waals surface area contributed by atoms with Gasteiger partial charge >= 0.3 is 0 Å². The molecule has 0 saturated heterocycles. The van der Waals surface area contributed by atoms with Crippen molar-refractivity contribution in [2.24, 2.45) is 7.05 Å². The fourth-order valence-corrected chi connectivity index (χ4v) is 1.29. The Morgan fingerprint density at radius 3 is 2.62 bits per heavy atom. The van der Waals surface area contributed by atoms with E-state index in [9.17, 15) is 4.79 Å². The molecule has 2 rings (SSSR count). The van der Waals surface area contributed by atoms with E-state index in [4.69, 9.17) is 5.73 Å². The smallest absolute Gasteiger partial charge is 0.257 e. The molecule has 2 aromatic rings. The Balaban J connectivity index is 2.15. The highest BCUT2D eigenvalue weighted by molar-refractivity contribution is 6.03. The Morgan fingerprint density at radius 1 is 1.38 bits per heavy atom. The van der Waals surface area contributed by atoms with Crippen LogP contribution in [-0.2, 0) is 7.05 Å². The molecule has 0 fully saturated rings. The van der Waals surface area contributed by atoms with Crippen LogP contribution in [-0.4, -0.2) is 15.5 Å². The van der Waals surface area contributed by atoms with Crippen molar-refractivity contribution in [1.82, 2.24) is 9.55 Å². The molecule has 1 amide bonds. The molecule has 5 heteroatoms. The fourth-order valence-electron chi connectivity index (χ4n) is 1.29. The van der Waals surface area contributed by atoms with Crippen LogP contribution in [0.4, 0.5) is 11.6 Å². The van der Waals surface area contributed by atoms with Crippen LogP contribution in [0.25, 0.3) is 0 Å². The van der Waals surface area contributed by atoms with Crippen LogP contribution in [0.2, 0.25) is 0 Å². The molecule has 5 nitrogen and oxygen atoms in total. The van der Waals surface area contributed by atoms with Gasteiger partial charge in [0.05, 0.1) is 0 Å². The molecule has 0 atom stereocenters. The molecule has 0 bridgehead atoms. The first kappa shape index (κ1) is 10.2. The Kier molecular flexibility index (Phi) is 2.59. The molecule has 82 valence electrons. The van der Waals surface area contributed by atoms with Crippen molar-refractivity contribution in [3.05, 3.63) is 42.2 Å². The van der Waals surface area contributed by atoms with E-state index in [1.807, 2.05) is 7.05 Å². The van der Waals surface area contributed by atoms with Crippen LogP contribution in [0.3, 0.4) is 0 Å². The maximum Gasteiger partial charge on any atom is 0.257 e. The molecule has 0 aliphatic carbocycles. The number of aryl methyl sites for hydroxylation is 1. The summed E-state index contributed by atoms with van der Waals surface area (Å²) < 4.78 is 1.73. The zero-order chi connectivity index (χ0) is 11.5. The van der Waals surface area contributed by atoms with Gasteiger partial charge in [0.15, 0.2) is 0 Å². The Hall–Kier alpha value is -2.30. The predicted molar refractivity (Wildman–Crippen MR) is 62.0 cm³/mol. The van der Waals surface area contributed by atoms with Crippen LogP contribution in [0.15, 0.2) is 36.7 Å². The van der Waals surface area contributed by atoms with Crippen LogP contribution >= 0.6 is 0 Å². The summed E-state index contributed by atoms with van der Waals surface area (Å²) in [7, 11) is 1.81. The lowest BCUT2D eigenvalue weighted by molar-refractivity contribution is 0.102. The zero-order valence-electron chi connectivity index (χ0n) is 8.84. The minimum Gasteiger partial charge on any atom is -0.399 e. The highest BCUT2D eigenvalue weighted by Gasteiger charge is 2.07. The molecule has 0 aliphatic rings. The lowest BCUT2D eigenvalue weighted by atomic mass is 10.2. The lowest BCUT2D eigenvalue weighted by Crippen LogP contribution is -2.14. The van der Waals surface area contributed by atoms with Gasteiger partial charge in [-0.2, -0.15) is 0 Å². The predicted octanol–water partition coefficient (Wildman–Crippen LogP) is 1.25. The average Bonchev–Trinajstić information content (AvgIpc) is 2.65. The van der Waals surface area contributed by atoms with Crippen molar-refractivity contribution in [1.29, 1.82) is 0 Å². The number of aromatic nitrogens is 2. The summed E-state index contributed by atoms with van der Waals surface area (Å²) in [5.74, 6) is 0.316. The second kappa shape index (κ2) is 4.06. The van der Waals surface area contributed by atoms with E-state index in [-0.39, 0.29) is 5.91 Å². The van der Waals surface area contributed by atoms with Gasteiger partial charge in [-0.1, -0.05) is 0 Å². The second-order valence-corrected chi connectivity index (χ2v) is 3.44. The standard InChI is InChI=1S/C11H12N4O/c1-15-7-6-13-11(15)14-10(16)8-2-4-9(12)5-3-8/h2-7H,12H2,1H3,(H,13,14,16). The van der Waals surface area contributed by atoms with Crippen molar-refractivity contribution in [2.75, 3.05) is 11.1 Å². The largest absolute Gasteiger partial charge is 0.399 e. The Labute approximate surface area is 92.9 Å². The zero-order valence-corrected chi connectivity index (χ0v) is 8.84. The molecular formula is C11H12N4O. The number of nitrogens with two attached hydrogens (primary N) is 1. The van der Waals surface area contributed by atoms with Crippen molar-refractivity contribution >= 4 is 17.5 Å². The third kappa shape index (κ3) is 2.03. The summed E-state index contributed by atoms with van der Waals surface area (Å²) >= 11 is 0. The minimum atomic E-state index is -0.200. The number of nitrogen functional groups attached to an aromatic ring is 1. The number of nitrogens with one attached hydrogen (secondary N) is 1. The summed E-state index contributed by atoms with van der Waals surface area (Å²) in [5, 5.41) is 2.70. The second-order valence-electron chi connectivity index (χ2n) is 3.44. The summed E-state index contributed by atoms with van der Waals surface area (Å²) in [6.45, 7) is 0. The van der Waals surface area contributed by atoms with Gasteiger partial charge < -0.3 is 10.3 Å². The third-order valence-corrected chi connectivity index (χ3v) is 2.22. The highest BCUT2D eigenvalue weighted by atomic mass is 16.1. The quantitative estimate of drug-likeness (QED) is 0.742. The molecule has 0 saturated carbocycles. The molecule has 1 heterocycles. The van der Waals surface area contributed by atoms with Crippen LogP contribution < -0.4 is 11.1 Å². The minimum absolute atomic E-state index is 0.200. The first-order chi connectivity index (χ1) is 7.66. The van der Waals surface area contributed by atoms with Crippen molar-refractivity contribution in [3.8, 4) is 0 Å². The van der Waals surface area contributed by atoms with Gasteiger partial charge in [0.25, 0.3) is 5.91 Å². The van der Waals surface area contributed by atoms with E-state index in [0.29, 0.717) is 17.2 Å². The Bertz CT molecular complexity index is 501. The SMILES string of the molecule is Cn1ccnc1NC(=O)c1ccc(N)cc1. The summed E-state index contributed by atoms with van der Waals surface area (Å²) in [6, 6.07) is 6.72. The lowest BCUT2D eigenvalue weighted by Gasteiger charge is -2.04. The van der Waals surface area contributed by atoms with E-state index in [0.717, 1.165) is 0 Å². The van der Waals surface area contributed by atoms with Gasteiger partial charge in [-0.25, -0.2) is 4.98 Å². The molecule has 0 spiro atoms. The topological polar surface area (TPSA) is 72.9 Å². The number of hydrogen-bond donors (Lipinski definition) is 2. The summed E-state index contributed by atoms with van der Waals surface area (Å²) in [6.07, 6.45) is 3.39. The van der Waals surface area contributed by atoms with Crippen LogP contribution in [0.5, 0.6) is 0 Å². The molecule has 0 unspecified atom stereocenters. The van der Waals surface area contributed by atoms with Crippen molar-refractivity contribution in [2.45, 2.75) is 0 Å². The van der Waals surface area contributed by atoms with Crippen molar-refractivity contribution in [3.63, 3.8) is 0 Å². The molecule has 3 N–H and O–H groups in total. The van der Waals surface area contributed by atoms with E-state index in [2.05, 4.69) is 10.3 Å². The number of nitrogens with zero attached hydrogens (tertiary/aromatic N) is 2. The average molecular weight is 216 g/mol. The van der Waals surface area contributed by atoms with E-state index in [1.165, 1.54) is 0 Å². The van der Waals surface area contributed by atoms with Gasteiger partial charge in [0, 0.05) is 30.7 Å². The first-order valence-electron chi connectivity index (χ1n) is 4.81. The number of amides is 1. The molecule has 0 aliphatic heterocycles. The van der Waals surface area contributed by atoms with Gasteiger partial charge in [-0.3, -0.25) is 10.1 Å². The summed E-state index contributed by atoms with van der Waals surface area (Å²) in [4.78, 5) is 15.8. The maximum absolute atomic E-state index is 11.8. The number of benzene rings is 1. The molecule has 1 aromatic carbocycles. The number of anilines is 2. The Morgan fingerprint density at radius 2 is 2.06 bits per heavy atom. The van der Waals surface area contributed by atoms with Crippen LogP contribution in [0, 0.1) is 0 Å². The van der Waals surface area contributed by atoms with Gasteiger partial charge in [-0.15, -0.1) is 0 Å². The molecular weight excluding hydrogens is 204 g/mol. The molecule has 0 radical (unpaired) electrons. The number of carbonyl (C=O) groups is 1. The number of rotatable bonds is 2. The first-order valence-corrected chi connectivity index (χ1v) is 4.81. The van der Waals surface area contributed by atoms with Crippen molar-refractivity contribution < 1.29 is 4.79 Å². The van der Waals surface area contributed by atoms with E-state index in [1.54, 1.807) is 41.2 Å². The maximum atomic E-state index is 11.8. The molecule has 16 heavy (non-hydrogen) atoms. The number of imidazole rings is 1.